The van der Waals surface area contributed by atoms with Gasteiger partial charge in [-0.3, -0.25) is 0 Å². The van der Waals surface area contributed by atoms with Crippen molar-refractivity contribution < 1.29 is 37.6 Å². The zero-order chi connectivity index (χ0) is 29.2. The van der Waals surface area contributed by atoms with Crippen LogP contribution >= 0.6 is 11.6 Å². The molecule has 1 saturated heterocycles. The smallest absolute Gasteiger partial charge is 0.418 e. The van der Waals surface area contributed by atoms with E-state index in [-0.39, 0.29) is 16.7 Å². The maximum Gasteiger partial charge on any atom is 0.418 e. The van der Waals surface area contributed by atoms with Crippen molar-refractivity contribution in [2.24, 2.45) is 5.10 Å². The summed E-state index contributed by atoms with van der Waals surface area (Å²) < 4.78 is 59.6. The number of alkyl halides is 3. The molecule has 0 aliphatic carbocycles. The van der Waals surface area contributed by atoms with E-state index in [1.165, 1.54) is 34.3 Å². The van der Waals surface area contributed by atoms with Crippen LogP contribution < -0.4 is 10.2 Å². The Balaban J connectivity index is 1.76. The number of ether oxygens (including phenoxy) is 3. The molecular weight excluding hydrogens is 555 g/mol. The van der Waals surface area contributed by atoms with E-state index in [4.69, 9.17) is 25.8 Å². The van der Waals surface area contributed by atoms with E-state index in [0.717, 1.165) is 22.9 Å². The van der Waals surface area contributed by atoms with Gasteiger partial charge in [0.15, 0.2) is 5.82 Å². The van der Waals surface area contributed by atoms with Crippen LogP contribution in [-0.2, 0) is 15.7 Å². The number of aliphatic hydroxyl groups is 2. The quantitative estimate of drug-likeness (QED) is 0.272. The number of methoxy groups -OCH3 is 2. The minimum atomic E-state index is -4.73. The van der Waals surface area contributed by atoms with Crippen LogP contribution in [0.5, 0.6) is 5.75 Å². The Hall–Kier alpha value is -3.23. The van der Waals surface area contributed by atoms with Crippen LogP contribution in [-0.4, -0.2) is 75.9 Å². The number of nitrogens with zero attached hydrogens (tertiary/aromatic N) is 4. The molecular formula is C26H29ClF3N5O5. The number of benzene rings is 2. The Morgan fingerprint density at radius 1 is 1.23 bits per heavy atom. The van der Waals surface area contributed by atoms with E-state index in [9.17, 15) is 23.4 Å². The summed E-state index contributed by atoms with van der Waals surface area (Å²) in [7, 11) is 2.90. The van der Waals surface area contributed by atoms with Crippen LogP contribution in [0.1, 0.15) is 35.8 Å². The standard InChI is InChI=1S/C26H29ClF3N5O5/c1-13(36)22-23(39-4)20(33-31-12-15-7-5-6-8-19(15)38-3)21(37)24(40-22)25-32-14(2)34-35(25)18-11-16(27)9-10-17(18)26(28,29)30/h5-13,20-24,33,36-37H,1-4H3/b31-12+/t13?,20?,21?,22?,23-,24-/m1/s1. The van der Waals surface area contributed by atoms with Crippen molar-refractivity contribution in [2.75, 3.05) is 14.2 Å². The molecule has 4 rings (SSSR count). The van der Waals surface area contributed by atoms with Crippen molar-refractivity contribution in [3.05, 3.63) is 70.3 Å². The molecule has 40 heavy (non-hydrogen) atoms. The van der Waals surface area contributed by atoms with Gasteiger partial charge in [0.05, 0.1) is 30.7 Å². The van der Waals surface area contributed by atoms with Crippen molar-refractivity contribution in [1.82, 2.24) is 20.2 Å². The number of hydrogen-bond donors (Lipinski definition) is 3. The second-order valence-corrected chi connectivity index (χ2v) is 9.63. The van der Waals surface area contributed by atoms with Crippen LogP contribution in [0.25, 0.3) is 5.69 Å². The van der Waals surface area contributed by atoms with E-state index in [2.05, 4.69) is 20.6 Å². The largest absolute Gasteiger partial charge is 0.496 e. The van der Waals surface area contributed by atoms with Gasteiger partial charge < -0.3 is 29.8 Å². The van der Waals surface area contributed by atoms with E-state index in [1.807, 2.05) is 0 Å². The molecule has 0 saturated carbocycles. The Morgan fingerprint density at radius 3 is 2.60 bits per heavy atom. The topological polar surface area (TPSA) is 123 Å². The minimum Gasteiger partial charge on any atom is -0.496 e. The molecule has 0 bridgehead atoms. The molecule has 10 nitrogen and oxygen atoms in total. The Bertz CT molecular complexity index is 1350. The highest BCUT2D eigenvalue weighted by atomic mass is 35.5. The van der Waals surface area contributed by atoms with Crippen molar-refractivity contribution in [2.45, 2.75) is 56.6 Å². The molecule has 14 heteroatoms. The van der Waals surface area contributed by atoms with Gasteiger partial charge in [0.25, 0.3) is 0 Å². The van der Waals surface area contributed by atoms with Gasteiger partial charge >= 0.3 is 6.18 Å². The first-order valence-corrected chi connectivity index (χ1v) is 12.6. The van der Waals surface area contributed by atoms with Gasteiger partial charge in [0.2, 0.25) is 0 Å². The zero-order valence-corrected chi connectivity index (χ0v) is 22.8. The lowest BCUT2D eigenvalue weighted by molar-refractivity contribution is -0.220. The summed E-state index contributed by atoms with van der Waals surface area (Å²) in [5.41, 5.74) is 2.10. The van der Waals surface area contributed by atoms with Gasteiger partial charge in [0, 0.05) is 17.7 Å². The van der Waals surface area contributed by atoms with E-state index >= 15 is 0 Å². The maximum atomic E-state index is 13.9. The summed E-state index contributed by atoms with van der Waals surface area (Å²) in [4.78, 5) is 4.29. The maximum absolute atomic E-state index is 13.9. The molecule has 1 aromatic heterocycles. The zero-order valence-electron chi connectivity index (χ0n) is 22.0. The van der Waals surface area contributed by atoms with E-state index < -0.39 is 54.0 Å². The predicted molar refractivity (Wildman–Crippen MR) is 140 cm³/mol. The summed E-state index contributed by atoms with van der Waals surface area (Å²) in [5, 5.41) is 30.4. The van der Waals surface area contributed by atoms with Crippen molar-refractivity contribution >= 4 is 17.8 Å². The fourth-order valence-corrected chi connectivity index (χ4v) is 4.79. The molecule has 0 amide bonds. The van der Waals surface area contributed by atoms with Crippen LogP contribution in [0.4, 0.5) is 13.2 Å². The molecule has 3 aromatic rings. The molecule has 0 spiro atoms. The molecule has 2 heterocycles. The number of hydrogen-bond acceptors (Lipinski definition) is 9. The number of hydrazone groups is 1. The van der Waals surface area contributed by atoms with Crippen LogP contribution in [0.2, 0.25) is 5.02 Å². The number of nitrogens with one attached hydrogen (secondary N) is 1. The van der Waals surface area contributed by atoms with Gasteiger partial charge in [-0.1, -0.05) is 23.7 Å². The van der Waals surface area contributed by atoms with Crippen LogP contribution in [0, 0.1) is 6.92 Å². The molecule has 2 aromatic carbocycles. The number of rotatable bonds is 8. The third kappa shape index (κ3) is 6.08. The monoisotopic (exact) mass is 583 g/mol. The van der Waals surface area contributed by atoms with Crippen molar-refractivity contribution in [3.8, 4) is 11.4 Å². The first-order valence-electron chi connectivity index (χ1n) is 12.2. The normalized spacial score (nSPS) is 24.3. The van der Waals surface area contributed by atoms with Gasteiger partial charge in [-0.05, 0) is 44.2 Å². The lowest BCUT2D eigenvalue weighted by atomic mass is 9.90. The molecule has 6 atom stereocenters. The highest BCUT2D eigenvalue weighted by Crippen LogP contribution is 2.39. The fraction of sp³-hybridized carbons (Fsp3) is 0.423. The number of aliphatic hydroxyl groups excluding tert-OH is 2. The third-order valence-electron chi connectivity index (χ3n) is 6.46. The number of halogens is 4. The van der Waals surface area contributed by atoms with Gasteiger partial charge in [-0.2, -0.15) is 23.4 Å². The summed E-state index contributed by atoms with van der Waals surface area (Å²) in [5.74, 6) is 0.563. The fourth-order valence-electron chi connectivity index (χ4n) is 4.63. The number of aromatic nitrogens is 3. The second kappa shape index (κ2) is 12.1. The molecule has 1 aliphatic heterocycles. The Kier molecular flexibility index (Phi) is 9.00. The molecule has 1 aliphatic rings. The average Bonchev–Trinajstić information content (AvgIpc) is 3.29. The highest BCUT2D eigenvalue weighted by Gasteiger charge is 2.50. The summed E-state index contributed by atoms with van der Waals surface area (Å²) in [6.07, 6.45) is -9.08. The lowest BCUT2D eigenvalue weighted by Gasteiger charge is -2.44. The first kappa shape index (κ1) is 29.7. The molecule has 216 valence electrons. The van der Waals surface area contributed by atoms with E-state index in [0.29, 0.717) is 11.3 Å². The Morgan fingerprint density at radius 2 is 1.95 bits per heavy atom. The summed E-state index contributed by atoms with van der Waals surface area (Å²) in [6.45, 7) is 2.96. The average molecular weight is 584 g/mol. The second-order valence-electron chi connectivity index (χ2n) is 9.20. The van der Waals surface area contributed by atoms with E-state index in [1.54, 1.807) is 24.3 Å². The highest BCUT2D eigenvalue weighted by molar-refractivity contribution is 6.30. The van der Waals surface area contributed by atoms with Gasteiger partial charge in [0.1, 0.15) is 42.0 Å². The first-order chi connectivity index (χ1) is 19.0. The van der Waals surface area contributed by atoms with Crippen molar-refractivity contribution in [1.29, 1.82) is 0 Å². The minimum absolute atomic E-state index is 0.0405. The lowest BCUT2D eigenvalue weighted by Crippen LogP contribution is -2.62. The molecule has 0 radical (unpaired) electrons. The Labute approximate surface area is 233 Å². The van der Waals surface area contributed by atoms with Crippen molar-refractivity contribution in [3.63, 3.8) is 0 Å². The van der Waals surface area contributed by atoms with Crippen LogP contribution in [0.15, 0.2) is 47.6 Å². The summed E-state index contributed by atoms with van der Waals surface area (Å²) in [6, 6.07) is 9.20. The van der Waals surface area contributed by atoms with Gasteiger partial charge in [-0.25, -0.2) is 9.67 Å². The van der Waals surface area contributed by atoms with Gasteiger partial charge in [-0.15, -0.1) is 0 Å². The number of para-hydroxylation sites is 1. The molecule has 3 N–H and O–H groups in total. The van der Waals surface area contributed by atoms with Crippen LogP contribution in [0.3, 0.4) is 0 Å². The predicted octanol–water partition coefficient (Wildman–Crippen LogP) is 3.45. The SMILES string of the molecule is COc1ccccc1/C=N/NC1C(O)[C@H](c2nc(C)nn2-c2cc(Cl)ccc2C(F)(F)F)OC(C(C)O)[C@@H]1OC. The number of aryl methyl sites for hydroxylation is 1. The molecule has 4 unspecified atom stereocenters. The molecule has 1 fully saturated rings. The summed E-state index contributed by atoms with van der Waals surface area (Å²) >= 11 is 6.05. The third-order valence-corrected chi connectivity index (χ3v) is 6.69.